The quantitative estimate of drug-likeness (QED) is 0.207. The maximum Gasteiger partial charge on any atom is 0.311 e. The number of ether oxygens (including phenoxy) is 1. The third-order valence-electron chi connectivity index (χ3n) is 4.08. The minimum absolute atomic E-state index is 0.0171. The average Bonchev–Trinajstić information content (AvgIpc) is 3.03. The summed E-state index contributed by atoms with van der Waals surface area (Å²) in [5, 5.41) is 20.3. The topological polar surface area (TPSA) is 134 Å². The molecule has 2 aromatic heterocycles. The van der Waals surface area contributed by atoms with Gasteiger partial charge in [-0.2, -0.15) is 5.26 Å². The predicted molar refractivity (Wildman–Crippen MR) is 107 cm³/mol. The molecular weight excluding hydrogens is 394 g/mol. The molecule has 0 aliphatic rings. The number of aliphatic hydroxyl groups excluding tert-OH is 1. The summed E-state index contributed by atoms with van der Waals surface area (Å²) in [5.74, 6) is -0.392. The smallest absolute Gasteiger partial charge is 0.311 e. The number of benzene rings is 1. The Bertz CT molecular complexity index is 1210. The summed E-state index contributed by atoms with van der Waals surface area (Å²) in [6.07, 6.45) is -0.140. The molecule has 0 unspecified atom stereocenters. The number of aryl methyl sites for hydroxylation is 1. The first-order valence-electron chi connectivity index (χ1n) is 8.46. The zero-order chi connectivity index (χ0) is 21.0. The zero-order valence-electron chi connectivity index (χ0n) is 15.7. The Morgan fingerprint density at radius 1 is 1.38 bits per heavy atom. The van der Waals surface area contributed by atoms with E-state index in [4.69, 9.17) is 0 Å². The molecule has 2 heterocycles. The number of imidazole rings is 1. The van der Waals surface area contributed by atoms with Crippen molar-refractivity contribution in [3.8, 4) is 6.07 Å². The molecule has 0 fully saturated rings. The fraction of sp³-hybridized carbons (Fsp3) is 0.211. The van der Waals surface area contributed by atoms with Crippen LogP contribution in [0.1, 0.15) is 11.5 Å². The molecule has 0 aliphatic heterocycles. The summed E-state index contributed by atoms with van der Waals surface area (Å²) in [6, 6.07) is 10.6. The van der Waals surface area contributed by atoms with Gasteiger partial charge in [-0.1, -0.05) is 23.9 Å². The van der Waals surface area contributed by atoms with Gasteiger partial charge in [-0.15, -0.1) is 0 Å². The van der Waals surface area contributed by atoms with Crippen LogP contribution in [-0.4, -0.2) is 43.5 Å². The number of H-pyrrole nitrogens is 1. The Morgan fingerprint density at radius 3 is 2.83 bits per heavy atom. The van der Waals surface area contributed by atoms with Crippen LogP contribution in [0, 0.1) is 11.3 Å². The van der Waals surface area contributed by atoms with Gasteiger partial charge in [0, 0.05) is 13.1 Å². The van der Waals surface area contributed by atoms with Gasteiger partial charge in [-0.3, -0.25) is 9.59 Å². The largest absolute Gasteiger partial charge is 0.510 e. The molecular formula is C19H17N5O4S. The van der Waals surface area contributed by atoms with E-state index in [2.05, 4.69) is 19.7 Å². The summed E-state index contributed by atoms with van der Waals surface area (Å²) in [6.45, 7) is 0. The number of aliphatic hydroxyl groups is 1. The number of nitrogens with zero attached hydrogens (tertiary/aromatic N) is 4. The Hall–Kier alpha value is -3.58. The minimum atomic E-state index is -0.518. The molecule has 148 valence electrons. The Balaban J connectivity index is 1.86. The molecule has 0 bridgehead atoms. The summed E-state index contributed by atoms with van der Waals surface area (Å²) in [7, 11) is 3.01. The van der Waals surface area contributed by atoms with Gasteiger partial charge in [0.1, 0.15) is 17.4 Å². The molecule has 0 atom stereocenters. The molecule has 2 N–H and O–H groups in total. The van der Waals surface area contributed by atoms with Crippen molar-refractivity contribution < 1.29 is 14.6 Å². The first-order chi connectivity index (χ1) is 13.9. The van der Waals surface area contributed by atoms with Crippen molar-refractivity contribution in [1.29, 1.82) is 5.26 Å². The second-order valence-electron chi connectivity index (χ2n) is 6.00. The van der Waals surface area contributed by atoms with E-state index in [-0.39, 0.29) is 34.4 Å². The Labute approximate surface area is 169 Å². The number of thioether (sulfide) groups is 1. The number of aromatic nitrogens is 4. The summed E-state index contributed by atoms with van der Waals surface area (Å²) >= 11 is 1.03. The second kappa shape index (κ2) is 8.62. The molecule has 0 spiro atoms. The lowest BCUT2D eigenvalue weighted by Crippen LogP contribution is -2.14. The summed E-state index contributed by atoms with van der Waals surface area (Å²) in [5.41, 5.74) is 1.39. The molecule has 0 radical (unpaired) electrons. The molecule has 0 saturated heterocycles. The van der Waals surface area contributed by atoms with Gasteiger partial charge in [-0.25, -0.2) is 9.97 Å². The maximum atomic E-state index is 11.8. The molecule has 10 heteroatoms. The monoisotopic (exact) mass is 411 g/mol. The highest BCUT2D eigenvalue weighted by molar-refractivity contribution is 7.99. The number of carbonyl (C=O) groups excluding carboxylic acids is 1. The van der Waals surface area contributed by atoms with Crippen LogP contribution in [0.15, 0.2) is 46.0 Å². The van der Waals surface area contributed by atoms with Crippen LogP contribution in [0.3, 0.4) is 0 Å². The van der Waals surface area contributed by atoms with E-state index < -0.39 is 11.5 Å². The van der Waals surface area contributed by atoms with E-state index in [1.807, 2.05) is 30.3 Å². The van der Waals surface area contributed by atoms with Crippen LogP contribution >= 0.6 is 11.8 Å². The minimum Gasteiger partial charge on any atom is -0.510 e. The number of methoxy groups -OCH3 is 1. The Morgan fingerprint density at radius 2 is 2.14 bits per heavy atom. The number of aromatic amines is 1. The van der Waals surface area contributed by atoms with Crippen molar-refractivity contribution in [3.63, 3.8) is 0 Å². The van der Waals surface area contributed by atoms with Gasteiger partial charge in [0.15, 0.2) is 11.0 Å². The van der Waals surface area contributed by atoms with E-state index in [1.54, 1.807) is 11.6 Å². The molecule has 9 nitrogen and oxygen atoms in total. The van der Waals surface area contributed by atoms with Crippen molar-refractivity contribution >= 4 is 34.3 Å². The highest BCUT2D eigenvalue weighted by atomic mass is 32.2. The number of rotatable bonds is 6. The molecule has 3 aromatic rings. The van der Waals surface area contributed by atoms with Gasteiger partial charge in [0.2, 0.25) is 0 Å². The number of esters is 1. The number of hydrogen-bond donors (Lipinski definition) is 2. The third-order valence-corrected chi connectivity index (χ3v) is 4.97. The predicted octanol–water partition coefficient (Wildman–Crippen LogP) is 1.96. The highest BCUT2D eigenvalue weighted by Crippen LogP contribution is 2.24. The van der Waals surface area contributed by atoms with Crippen molar-refractivity contribution in [2.24, 2.45) is 7.05 Å². The lowest BCUT2D eigenvalue weighted by Gasteiger charge is -2.06. The van der Waals surface area contributed by atoms with Crippen LogP contribution in [0.5, 0.6) is 0 Å². The van der Waals surface area contributed by atoms with Crippen molar-refractivity contribution in [3.05, 3.63) is 58.0 Å². The first-order valence-corrected chi connectivity index (χ1v) is 9.45. The number of carbonyl (C=O) groups is 1. The van der Waals surface area contributed by atoms with E-state index in [0.717, 1.165) is 17.3 Å². The number of nitriles is 1. The Kier molecular flexibility index (Phi) is 5.99. The van der Waals surface area contributed by atoms with E-state index in [0.29, 0.717) is 11.3 Å². The number of fused-ring (bicyclic) bond motifs is 1. The third kappa shape index (κ3) is 4.47. The number of nitrogens with one attached hydrogen (secondary N) is 1. The molecule has 0 aliphatic carbocycles. The first kappa shape index (κ1) is 20.2. The molecule has 29 heavy (non-hydrogen) atoms. The van der Waals surface area contributed by atoms with Gasteiger partial charge in [0.05, 0.1) is 36.0 Å². The molecule has 1 aromatic carbocycles. The van der Waals surface area contributed by atoms with E-state index in [1.165, 1.54) is 13.2 Å². The second-order valence-corrected chi connectivity index (χ2v) is 6.96. The van der Waals surface area contributed by atoms with Crippen LogP contribution in [0.25, 0.3) is 16.6 Å². The molecule has 0 amide bonds. The summed E-state index contributed by atoms with van der Waals surface area (Å²) < 4.78 is 6.30. The van der Waals surface area contributed by atoms with Crippen molar-refractivity contribution in [1.82, 2.24) is 19.5 Å². The van der Waals surface area contributed by atoms with Crippen LogP contribution in [-0.2, 0) is 23.0 Å². The van der Waals surface area contributed by atoms with E-state index >= 15 is 0 Å². The van der Waals surface area contributed by atoms with Crippen molar-refractivity contribution in [2.45, 2.75) is 11.6 Å². The van der Waals surface area contributed by atoms with Gasteiger partial charge < -0.3 is 19.4 Å². The molecule has 0 saturated carbocycles. The van der Waals surface area contributed by atoms with E-state index in [9.17, 15) is 20.0 Å². The summed E-state index contributed by atoms with van der Waals surface area (Å²) in [4.78, 5) is 34.3. The number of para-hydroxylation sites is 2. The van der Waals surface area contributed by atoms with Crippen LogP contribution in [0.4, 0.5) is 0 Å². The normalized spacial score (nSPS) is 11.8. The van der Waals surface area contributed by atoms with Gasteiger partial charge >= 0.3 is 5.97 Å². The lowest BCUT2D eigenvalue weighted by atomic mass is 10.2. The van der Waals surface area contributed by atoms with Crippen molar-refractivity contribution in [2.75, 3.05) is 12.9 Å². The lowest BCUT2D eigenvalue weighted by molar-refractivity contribution is -0.139. The van der Waals surface area contributed by atoms with Gasteiger partial charge in [-0.05, 0) is 12.1 Å². The van der Waals surface area contributed by atoms with Crippen LogP contribution in [0.2, 0.25) is 0 Å². The average molecular weight is 411 g/mol. The van der Waals surface area contributed by atoms with Crippen LogP contribution < -0.4 is 5.56 Å². The highest BCUT2D eigenvalue weighted by Gasteiger charge is 2.17. The van der Waals surface area contributed by atoms with Gasteiger partial charge in [0.25, 0.3) is 5.56 Å². The standard InChI is InChI=1S/C19H17N5O4S/c1-24-14-6-4-3-5-13(14)22-18(24)12(9-20)15(25)10-29-19-21-11(7-16(26)23-19)8-17(27)28-2/h3-7,25H,8,10H2,1-2H3,(H,21,23,26)/b15-12-. The molecule has 3 rings (SSSR count). The zero-order valence-corrected chi connectivity index (χ0v) is 16.5. The number of allylic oxidation sites excluding steroid dienone is 1. The fourth-order valence-electron chi connectivity index (χ4n) is 2.68. The number of hydrogen-bond acceptors (Lipinski definition) is 8. The maximum absolute atomic E-state index is 11.8. The fourth-order valence-corrected chi connectivity index (χ4v) is 3.46. The SMILES string of the molecule is COC(=O)Cc1cc(=O)[nH]c(SC/C(O)=C(\C#N)c2nc3ccccc3n2C)n1.